The van der Waals surface area contributed by atoms with Gasteiger partial charge < -0.3 is 0 Å². The molecule has 1 aromatic carbocycles. The normalized spacial score (nSPS) is 11.7. The van der Waals surface area contributed by atoms with Gasteiger partial charge in [-0.3, -0.25) is 4.48 Å². The van der Waals surface area contributed by atoms with Crippen LogP contribution in [0, 0.1) is 6.92 Å². The number of quaternary nitrogens is 1. The fraction of sp³-hybridized carbons (Fsp3) is 0.455. The Hall–Kier alpha value is -0.820. The topological polar surface area (TPSA) is 0 Å². The highest BCUT2D eigenvalue weighted by molar-refractivity contribution is 5.48. The Morgan fingerprint density at radius 1 is 1.17 bits per heavy atom. The van der Waals surface area contributed by atoms with Crippen molar-refractivity contribution in [1.29, 1.82) is 0 Å². The largest absolute Gasteiger partial charge is 0.296 e. The fourth-order valence-electron chi connectivity index (χ4n) is 1.41. The van der Waals surface area contributed by atoms with Crippen molar-refractivity contribution in [1.82, 2.24) is 4.48 Å². The number of benzene rings is 1. The Morgan fingerprint density at radius 2 is 1.75 bits per heavy atom. The molecule has 0 saturated heterocycles. The van der Waals surface area contributed by atoms with Crippen LogP contribution >= 0.6 is 0 Å². The van der Waals surface area contributed by atoms with Gasteiger partial charge in [0.1, 0.15) is 5.69 Å². The van der Waals surface area contributed by atoms with Crippen LogP contribution in [0.4, 0.5) is 5.69 Å². The van der Waals surface area contributed by atoms with Crippen LogP contribution in [-0.2, 0) is 0 Å². The fourth-order valence-corrected chi connectivity index (χ4v) is 1.41. The predicted molar refractivity (Wildman–Crippen MR) is 55.4 cm³/mol. The van der Waals surface area contributed by atoms with E-state index in [0.29, 0.717) is 0 Å². The van der Waals surface area contributed by atoms with Crippen LogP contribution in [0.3, 0.4) is 0 Å². The molecule has 1 aromatic rings. The van der Waals surface area contributed by atoms with Crippen molar-refractivity contribution in [3.63, 3.8) is 0 Å². The maximum Gasteiger partial charge on any atom is 0.135 e. The third kappa shape index (κ3) is 1.67. The molecule has 0 bridgehead atoms. The summed E-state index contributed by atoms with van der Waals surface area (Å²) in [5.41, 5.74) is 2.80. The maximum absolute atomic E-state index is 2.24. The quantitative estimate of drug-likeness (QED) is 0.589. The van der Waals surface area contributed by atoms with E-state index < -0.39 is 0 Å². The minimum absolute atomic E-state index is 0.965. The summed E-state index contributed by atoms with van der Waals surface area (Å²) in [6, 6.07) is 8.58. The summed E-state index contributed by atoms with van der Waals surface area (Å²) in [6.45, 7) is 5.52. The van der Waals surface area contributed by atoms with E-state index in [1.807, 2.05) is 0 Å². The standard InChI is InChI=1S/C11H18N/c1-5-12(3,4)11-9-7-6-8-10(11)2/h6-9H,5H2,1-4H3/q+1. The van der Waals surface area contributed by atoms with E-state index in [1.165, 1.54) is 11.3 Å². The van der Waals surface area contributed by atoms with Crippen LogP contribution in [0.2, 0.25) is 0 Å². The summed E-state index contributed by atoms with van der Waals surface area (Å²) in [5.74, 6) is 0. The Bertz CT molecular complexity index is 263. The molecule has 0 N–H and O–H groups in total. The lowest BCUT2D eigenvalue weighted by Crippen LogP contribution is -2.40. The van der Waals surface area contributed by atoms with Gasteiger partial charge in [-0.1, -0.05) is 18.2 Å². The molecule has 0 aliphatic heterocycles. The monoisotopic (exact) mass is 164 g/mol. The van der Waals surface area contributed by atoms with Crippen molar-refractivity contribution in [2.24, 2.45) is 0 Å². The summed E-state index contributed by atoms with van der Waals surface area (Å²) in [7, 11) is 4.48. The molecule has 0 aliphatic carbocycles. The van der Waals surface area contributed by atoms with Gasteiger partial charge >= 0.3 is 0 Å². The van der Waals surface area contributed by atoms with E-state index in [1.54, 1.807) is 0 Å². The lowest BCUT2D eigenvalue weighted by Gasteiger charge is -2.28. The second-order valence-corrected chi connectivity index (χ2v) is 3.79. The Kier molecular flexibility index (Phi) is 2.53. The second kappa shape index (κ2) is 3.28. The van der Waals surface area contributed by atoms with Crippen molar-refractivity contribution < 1.29 is 0 Å². The van der Waals surface area contributed by atoms with Gasteiger partial charge in [-0.15, -0.1) is 0 Å². The minimum Gasteiger partial charge on any atom is -0.296 e. The summed E-state index contributed by atoms with van der Waals surface area (Å²) in [5, 5.41) is 0. The molecule has 1 nitrogen and oxygen atoms in total. The highest BCUT2D eigenvalue weighted by atomic mass is 15.3. The van der Waals surface area contributed by atoms with Crippen LogP contribution < -0.4 is 4.48 Å². The molecule has 0 heterocycles. The van der Waals surface area contributed by atoms with Crippen molar-refractivity contribution >= 4 is 5.69 Å². The molecule has 1 heteroatoms. The molecule has 0 saturated carbocycles. The molecule has 0 fully saturated rings. The third-order valence-electron chi connectivity index (χ3n) is 2.56. The summed E-state index contributed by atoms with van der Waals surface area (Å²) in [4.78, 5) is 0. The van der Waals surface area contributed by atoms with Crippen molar-refractivity contribution in [3.8, 4) is 0 Å². The van der Waals surface area contributed by atoms with Gasteiger partial charge in [0.15, 0.2) is 0 Å². The van der Waals surface area contributed by atoms with Crippen molar-refractivity contribution in [2.45, 2.75) is 13.8 Å². The molecule has 0 aliphatic rings. The highest BCUT2D eigenvalue weighted by Gasteiger charge is 2.17. The van der Waals surface area contributed by atoms with Crippen LogP contribution in [-0.4, -0.2) is 20.6 Å². The molecule has 1 rings (SSSR count). The van der Waals surface area contributed by atoms with Crippen LogP contribution in [0.25, 0.3) is 0 Å². The van der Waals surface area contributed by atoms with E-state index in [0.717, 1.165) is 11.0 Å². The summed E-state index contributed by atoms with van der Waals surface area (Å²) >= 11 is 0. The van der Waals surface area contributed by atoms with Gasteiger partial charge in [0.2, 0.25) is 0 Å². The molecule has 0 amide bonds. The van der Waals surface area contributed by atoms with Gasteiger partial charge in [0, 0.05) is 5.56 Å². The number of nitrogens with zero attached hydrogens (tertiary/aromatic N) is 1. The molecule has 0 unspecified atom stereocenters. The van der Waals surface area contributed by atoms with E-state index >= 15 is 0 Å². The Labute approximate surface area is 75.2 Å². The van der Waals surface area contributed by atoms with Crippen LogP contribution in [0.15, 0.2) is 24.3 Å². The second-order valence-electron chi connectivity index (χ2n) is 3.79. The van der Waals surface area contributed by atoms with E-state index in [2.05, 4.69) is 52.2 Å². The van der Waals surface area contributed by atoms with Crippen molar-refractivity contribution in [3.05, 3.63) is 29.8 Å². The Balaban J connectivity index is 3.10. The first-order valence-corrected chi connectivity index (χ1v) is 4.47. The summed E-state index contributed by atoms with van der Waals surface area (Å²) < 4.78 is 0.965. The van der Waals surface area contributed by atoms with Crippen LogP contribution in [0.5, 0.6) is 0 Å². The van der Waals surface area contributed by atoms with E-state index in [9.17, 15) is 0 Å². The molecule has 0 atom stereocenters. The molecule has 66 valence electrons. The lowest BCUT2D eigenvalue weighted by atomic mass is 10.1. The SMILES string of the molecule is CC[N+](C)(C)c1ccccc1C. The number of hydrogen-bond acceptors (Lipinski definition) is 0. The maximum atomic E-state index is 2.24. The summed E-state index contributed by atoms with van der Waals surface area (Å²) in [6.07, 6.45) is 0. The average Bonchev–Trinajstić information content (AvgIpc) is 2.05. The average molecular weight is 164 g/mol. The zero-order valence-electron chi connectivity index (χ0n) is 8.46. The molecule has 12 heavy (non-hydrogen) atoms. The first-order chi connectivity index (χ1) is 5.58. The Morgan fingerprint density at radius 3 is 2.25 bits per heavy atom. The molecular formula is C11H18N+. The number of aryl methyl sites for hydroxylation is 1. The number of hydrogen-bond donors (Lipinski definition) is 0. The highest BCUT2D eigenvalue weighted by Crippen LogP contribution is 2.22. The lowest BCUT2D eigenvalue weighted by molar-refractivity contribution is 0.419. The zero-order valence-corrected chi connectivity index (χ0v) is 8.46. The van der Waals surface area contributed by atoms with E-state index in [-0.39, 0.29) is 0 Å². The third-order valence-corrected chi connectivity index (χ3v) is 2.56. The zero-order chi connectivity index (χ0) is 9.19. The van der Waals surface area contributed by atoms with Gasteiger partial charge in [-0.05, 0) is 19.9 Å². The number of rotatable bonds is 2. The van der Waals surface area contributed by atoms with Gasteiger partial charge in [-0.25, -0.2) is 0 Å². The molecule has 0 aromatic heterocycles. The predicted octanol–water partition coefficient (Wildman–Crippen LogP) is 2.58. The van der Waals surface area contributed by atoms with Gasteiger partial charge in [0.05, 0.1) is 20.6 Å². The molecular weight excluding hydrogens is 146 g/mol. The molecule has 0 spiro atoms. The number of para-hydroxylation sites is 1. The van der Waals surface area contributed by atoms with E-state index in [4.69, 9.17) is 0 Å². The molecule has 0 radical (unpaired) electrons. The van der Waals surface area contributed by atoms with Crippen molar-refractivity contribution in [2.75, 3.05) is 20.6 Å². The first kappa shape index (κ1) is 9.27. The van der Waals surface area contributed by atoms with Crippen LogP contribution in [0.1, 0.15) is 12.5 Å². The first-order valence-electron chi connectivity index (χ1n) is 4.47. The van der Waals surface area contributed by atoms with Gasteiger partial charge in [-0.2, -0.15) is 0 Å². The minimum atomic E-state index is 0.965. The smallest absolute Gasteiger partial charge is 0.135 e. The van der Waals surface area contributed by atoms with Gasteiger partial charge in [0.25, 0.3) is 0 Å².